The van der Waals surface area contributed by atoms with E-state index in [2.05, 4.69) is 36.5 Å². The number of rotatable bonds is 3. The number of pyridine rings is 1. The van der Waals surface area contributed by atoms with Crippen LogP contribution in [-0.4, -0.2) is 16.9 Å². The predicted molar refractivity (Wildman–Crippen MR) is 97.1 cm³/mol. The Morgan fingerprint density at radius 2 is 1.75 bits per heavy atom. The number of hydrogen-bond donors (Lipinski definition) is 1. The summed E-state index contributed by atoms with van der Waals surface area (Å²) in [5.74, 6) is 0.0157. The lowest BCUT2D eigenvalue weighted by Crippen LogP contribution is -2.26. The highest BCUT2D eigenvalue weighted by Crippen LogP contribution is 2.30. The van der Waals surface area contributed by atoms with Crippen molar-refractivity contribution in [2.24, 2.45) is 0 Å². The molecule has 1 aromatic heterocycles. The van der Waals surface area contributed by atoms with Crippen molar-refractivity contribution in [3.05, 3.63) is 65.2 Å². The summed E-state index contributed by atoms with van der Waals surface area (Å²) in [7, 11) is 0. The quantitative estimate of drug-likeness (QED) is 0.777. The Morgan fingerprint density at radius 1 is 1.04 bits per heavy atom. The molecule has 3 nitrogen and oxygen atoms in total. The Balaban J connectivity index is 1.92. The van der Waals surface area contributed by atoms with Crippen LogP contribution in [0.3, 0.4) is 0 Å². The fourth-order valence-corrected chi connectivity index (χ4v) is 3.08. The Morgan fingerprint density at radius 3 is 2.46 bits per heavy atom. The summed E-state index contributed by atoms with van der Waals surface area (Å²) in [5.41, 5.74) is 5.70. The van der Waals surface area contributed by atoms with Crippen LogP contribution in [-0.2, 0) is 0 Å². The second kappa shape index (κ2) is 5.75. The van der Waals surface area contributed by atoms with Gasteiger partial charge in [0.05, 0.1) is 16.8 Å². The standard InChI is InChI=1S/C21H20N2O/c1-13-7-9-15(10-8-13)20-14(2)19(21(24)22-16-11-12-16)17-5-3-4-6-18(17)23-20/h3-10,16H,11-12H2,1-2H3,(H,22,24). The van der Waals surface area contributed by atoms with Crippen LogP contribution in [0.25, 0.3) is 22.2 Å². The van der Waals surface area contributed by atoms with E-state index in [-0.39, 0.29) is 5.91 Å². The molecular weight excluding hydrogens is 296 g/mol. The Hall–Kier alpha value is -2.68. The van der Waals surface area contributed by atoms with Crippen molar-refractivity contribution in [3.63, 3.8) is 0 Å². The van der Waals surface area contributed by atoms with Crippen molar-refractivity contribution in [1.29, 1.82) is 0 Å². The third-order valence-electron chi connectivity index (χ3n) is 4.60. The van der Waals surface area contributed by atoms with Crippen LogP contribution in [0.15, 0.2) is 48.5 Å². The molecule has 1 heterocycles. The van der Waals surface area contributed by atoms with Gasteiger partial charge in [0.25, 0.3) is 5.91 Å². The molecule has 1 N–H and O–H groups in total. The van der Waals surface area contributed by atoms with Gasteiger partial charge >= 0.3 is 0 Å². The topological polar surface area (TPSA) is 42.0 Å². The minimum atomic E-state index is 0.0157. The summed E-state index contributed by atoms with van der Waals surface area (Å²) in [6.07, 6.45) is 2.16. The number of para-hydroxylation sites is 1. The molecule has 24 heavy (non-hydrogen) atoms. The highest BCUT2D eigenvalue weighted by atomic mass is 16.1. The Labute approximate surface area is 141 Å². The van der Waals surface area contributed by atoms with Gasteiger partial charge in [0.2, 0.25) is 0 Å². The van der Waals surface area contributed by atoms with E-state index in [0.29, 0.717) is 6.04 Å². The number of hydrogen-bond acceptors (Lipinski definition) is 2. The maximum atomic E-state index is 12.8. The van der Waals surface area contributed by atoms with Gasteiger partial charge in [0.1, 0.15) is 0 Å². The fourth-order valence-electron chi connectivity index (χ4n) is 3.08. The van der Waals surface area contributed by atoms with Crippen LogP contribution in [0.4, 0.5) is 0 Å². The second-order valence-corrected chi connectivity index (χ2v) is 6.59. The molecule has 4 rings (SSSR count). The van der Waals surface area contributed by atoms with Gasteiger partial charge in [-0.05, 0) is 38.3 Å². The summed E-state index contributed by atoms with van der Waals surface area (Å²) in [4.78, 5) is 17.7. The number of nitrogens with one attached hydrogen (secondary N) is 1. The van der Waals surface area contributed by atoms with Crippen LogP contribution in [0.2, 0.25) is 0 Å². The first-order valence-electron chi connectivity index (χ1n) is 8.41. The molecule has 0 spiro atoms. The highest BCUT2D eigenvalue weighted by molar-refractivity contribution is 6.09. The van der Waals surface area contributed by atoms with Gasteiger partial charge in [-0.3, -0.25) is 4.79 Å². The number of carbonyl (C=O) groups excluding carboxylic acids is 1. The zero-order chi connectivity index (χ0) is 16.7. The fraction of sp³-hybridized carbons (Fsp3) is 0.238. The lowest BCUT2D eigenvalue weighted by molar-refractivity contribution is 0.0952. The molecular formula is C21H20N2O. The molecule has 1 amide bonds. The second-order valence-electron chi connectivity index (χ2n) is 6.59. The molecule has 1 saturated carbocycles. The van der Waals surface area contributed by atoms with E-state index in [9.17, 15) is 4.79 Å². The van der Waals surface area contributed by atoms with Gasteiger partial charge in [-0.2, -0.15) is 0 Å². The average molecular weight is 316 g/mol. The maximum Gasteiger partial charge on any atom is 0.252 e. The number of benzene rings is 2. The summed E-state index contributed by atoms with van der Waals surface area (Å²) < 4.78 is 0. The molecule has 0 aliphatic heterocycles. The van der Waals surface area contributed by atoms with Crippen molar-refractivity contribution >= 4 is 16.8 Å². The molecule has 3 heteroatoms. The van der Waals surface area contributed by atoms with Crippen molar-refractivity contribution in [3.8, 4) is 11.3 Å². The molecule has 0 unspecified atom stereocenters. The van der Waals surface area contributed by atoms with E-state index in [4.69, 9.17) is 4.98 Å². The lowest BCUT2D eigenvalue weighted by Gasteiger charge is -2.14. The molecule has 120 valence electrons. The van der Waals surface area contributed by atoms with Gasteiger partial charge in [-0.25, -0.2) is 4.98 Å². The monoisotopic (exact) mass is 316 g/mol. The van der Waals surface area contributed by atoms with Crippen LogP contribution in [0.1, 0.15) is 34.3 Å². The van der Waals surface area contributed by atoms with Gasteiger partial charge in [0, 0.05) is 17.0 Å². The Kier molecular flexibility index (Phi) is 3.57. The van der Waals surface area contributed by atoms with E-state index in [1.165, 1.54) is 5.56 Å². The van der Waals surface area contributed by atoms with Gasteiger partial charge in [-0.15, -0.1) is 0 Å². The van der Waals surface area contributed by atoms with E-state index >= 15 is 0 Å². The molecule has 0 saturated heterocycles. The van der Waals surface area contributed by atoms with E-state index in [1.54, 1.807) is 0 Å². The van der Waals surface area contributed by atoms with Crippen molar-refractivity contribution in [2.45, 2.75) is 32.7 Å². The van der Waals surface area contributed by atoms with Crippen molar-refractivity contribution in [1.82, 2.24) is 10.3 Å². The van der Waals surface area contributed by atoms with Gasteiger partial charge in [-0.1, -0.05) is 48.0 Å². The summed E-state index contributed by atoms with van der Waals surface area (Å²) >= 11 is 0. The van der Waals surface area contributed by atoms with Crippen LogP contribution in [0, 0.1) is 13.8 Å². The van der Waals surface area contributed by atoms with Crippen molar-refractivity contribution < 1.29 is 4.79 Å². The van der Waals surface area contributed by atoms with E-state index in [1.807, 2.05) is 31.2 Å². The number of fused-ring (bicyclic) bond motifs is 1. The molecule has 1 aliphatic rings. The van der Waals surface area contributed by atoms with Crippen molar-refractivity contribution in [2.75, 3.05) is 0 Å². The largest absolute Gasteiger partial charge is 0.349 e. The minimum absolute atomic E-state index is 0.0157. The molecule has 1 fully saturated rings. The molecule has 2 aromatic carbocycles. The highest BCUT2D eigenvalue weighted by Gasteiger charge is 2.26. The normalized spacial score (nSPS) is 13.9. The number of aromatic nitrogens is 1. The first kappa shape index (κ1) is 14.9. The SMILES string of the molecule is Cc1ccc(-c2nc3ccccc3c(C(=O)NC3CC3)c2C)cc1. The third kappa shape index (κ3) is 2.67. The minimum Gasteiger partial charge on any atom is -0.349 e. The zero-order valence-electron chi connectivity index (χ0n) is 14.0. The molecule has 0 radical (unpaired) electrons. The summed E-state index contributed by atoms with van der Waals surface area (Å²) in [5, 5.41) is 4.04. The van der Waals surface area contributed by atoms with E-state index in [0.717, 1.165) is 46.1 Å². The first-order valence-corrected chi connectivity index (χ1v) is 8.41. The third-order valence-corrected chi connectivity index (χ3v) is 4.60. The number of nitrogens with zero attached hydrogens (tertiary/aromatic N) is 1. The molecule has 1 aliphatic carbocycles. The maximum absolute atomic E-state index is 12.8. The average Bonchev–Trinajstić information content (AvgIpc) is 3.39. The van der Waals surface area contributed by atoms with Crippen LogP contribution < -0.4 is 5.32 Å². The van der Waals surface area contributed by atoms with Crippen LogP contribution >= 0.6 is 0 Å². The zero-order valence-corrected chi connectivity index (χ0v) is 14.0. The van der Waals surface area contributed by atoms with E-state index < -0.39 is 0 Å². The smallest absolute Gasteiger partial charge is 0.252 e. The Bertz CT molecular complexity index is 924. The van der Waals surface area contributed by atoms with Gasteiger partial charge < -0.3 is 5.32 Å². The predicted octanol–water partition coefficient (Wildman–Crippen LogP) is 4.41. The van der Waals surface area contributed by atoms with Gasteiger partial charge in [0.15, 0.2) is 0 Å². The lowest BCUT2D eigenvalue weighted by atomic mass is 9.97. The summed E-state index contributed by atoms with van der Waals surface area (Å²) in [6, 6.07) is 16.5. The number of aryl methyl sites for hydroxylation is 1. The summed E-state index contributed by atoms with van der Waals surface area (Å²) in [6.45, 7) is 4.06. The molecule has 0 atom stereocenters. The number of carbonyl (C=O) groups is 1. The molecule has 3 aromatic rings. The number of amides is 1. The molecule has 0 bridgehead atoms. The first-order chi connectivity index (χ1) is 11.6. The van der Waals surface area contributed by atoms with Crippen LogP contribution in [0.5, 0.6) is 0 Å².